The molecule has 214 valence electrons. The number of nitrogens with one attached hydrogen (secondary N) is 2. The molecule has 0 aliphatic carbocycles. The van der Waals surface area contributed by atoms with Crippen molar-refractivity contribution in [2.24, 2.45) is 0 Å². The van der Waals surface area contributed by atoms with Gasteiger partial charge in [0.05, 0.1) is 22.3 Å². The second kappa shape index (κ2) is 13.1. The summed E-state index contributed by atoms with van der Waals surface area (Å²) in [6.45, 7) is 1.61. The number of sulfone groups is 1. The highest BCUT2D eigenvalue weighted by Gasteiger charge is 2.21. The summed E-state index contributed by atoms with van der Waals surface area (Å²) < 4.78 is 35.8. The lowest BCUT2D eigenvalue weighted by Gasteiger charge is -2.26. The second-order valence-corrected chi connectivity index (χ2v) is 14.2. The van der Waals surface area contributed by atoms with E-state index >= 15 is 0 Å². The van der Waals surface area contributed by atoms with Gasteiger partial charge in [-0.1, -0.05) is 29.8 Å². The largest absolute Gasteiger partial charge is 0.322 e. The summed E-state index contributed by atoms with van der Waals surface area (Å²) in [4.78, 5) is 20.3. The normalized spacial score (nSPS) is 15.8. The van der Waals surface area contributed by atoms with Crippen molar-refractivity contribution >= 4 is 43.8 Å². The van der Waals surface area contributed by atoms with E-state index in [1.165, 1.54) is 0 Å². The average Bonchev–Trinajstić information content (AvgIpc) is 3.43. The lowest BCUT2D eigenvalue weighted by Crippen LogP contribution is -2.39. The van der Waals surface area contributed by atoms with Gasteiger partial charge < -0.3 is 5.32 Å². The number of anilines is 1. The van der Waals surface area contributed by atoms with Gasteiger partial charge in [-0.3, -0.25) is 19.0 Å². The summed E-state index contributed by atoms with van der Waals surface area (Å²) in [7, 11) is -4.06. The number of carbonyl (C=O) groups is 1. The molecule has 2 N–H and O–H groups in total. The molecule has 1 aliphatic heterocycles. The molecule has 1 atom stereocenters. The first-order valence-electron chi connectivity index (χ1n) is 13.2. The number of hydrogen-bond acceptors (Lipinski definition) is 7. The number of H-pyrrole nitrogens is 1. The maximum Gasteiger partial charge on any atom is 0.255 e. The van der Waals surface area contributed by atoms with Crippen molar-refractivity contribution in [3.8, 4) is 11.4 Å². The zero-order valence-corrected chi connectivity index (χ0v) is 24.6. The Labute approximate surface area is 246 Å². The van der Waals surface area contributed by atoms with Crippen molar-refractivity contribution in [2.45, 2.75) is 24.3 Å². The molecule has 1 aromatic heterocycles. The molecule has 2 heterocycles. The van der Waals surface area contributed by atoms with Crippen LogP contribution in [0.5, 0.6) is 0 Å². The van der Waals surface area contributed by atoms with Gasteiger partial charge in [-0.15, -0.1) is 0 Å². The number of aromatic nitrogens is 3. The minimum atomic E-state index is -2.93. The second-order valence-electron chi connectivity index (χ2n) is 9.88. The summed E-state index contributed by atoms with van der Waals surface area (Å²) in [5, 5.41) is 10.7. The van der Waals surface area contributed by atoms with Crippen LogP contribution in [0.15, 0.2) is 77.7 Å². The molecule has 1 aliphatic rings. The molecule has 9 nitrogen and oxygen atoms in total. The number of aryl methyl sites for hydroxylation is 1. The topological polar surface area (TPSA) is 125 Å². The predicted octanol–water partition coefficient (Wildman–Crippen LogP) is 4.35. The number of hydrogen-bond donors (Lipinski definition) is 2. The molecule has 0 spiro atoms. The summed E-state index contributed by atoms with van der Waals surface area (Å²) >= 11 is 5.99. The third-order valence-corrected chi connectivity index (χ3v) is 10.1. The summed E-state index contributed by atoms with van der Waals surface area (Å²) in [6.07, 6.45) is 1.29. The molecule has 41 heavy (non-hydrogen) atoms. The smallest absolute Gasteiger partial charge is 0.255 e. The fourth-order valence-corrected chi connectivity index (χ4v) is 7.18. The van der Waals surface area contributed by atoms with E-state index in [4.69, 9.17) is 11.6 Å². The first-order chi connectivity index (χ1) is 19.7. The van der Waals surface area contributed by atoms with Crippen LogP contribution < -0.4 is 5.32 Å². The van der Waals surface area contributed by atoms with E-state index in [9.17, 15) is 17.4 Å². The van der Waals surface area contributed by atoms with E-state index in [-0.39, 0.29) is 17.4 Å². The number of rotatable bonds is 10. The van der Waals surface area contributed by atoms with Crippen LogP contribution in [-0.4, -0.2) is 69.0 Å². The zero-order chi connectivity index (χ0) is 28.8. The molecular weight excluding hydrogens is 582 g/mol. The number of amides is 1. The molecule has 1 unspecified atom stereocenters. The Balaban J connectivity index is 1.12. The molecule has 5 rings (SSSR count). The van der Waals surface area contributed by atoms with Gasteiger partial charge in [-0.25, -0.2) is 13.4 Å². The Bertz CT molecular complexity index is 1640. The lowest BCUT2D eigenvalue weighted by molar-refractivity contribution is 0.102. The maximum atomic E-state index is 12.9. The van der Waals surface area contributed by atoms with Crippen LogP contribution in [0.25, 0.3) is 11.4 Å². The molecule has 1 fully saturated rings. The number of aromatic amines is 1. The third kappa shape index (κ3) is 8.10. The zero-order valence-electron chi connectivity index (χ0n) is 22.3. The number of halogens is 1. The van der Waals surface area contributed by atoms with Crippen LogP contribution in [0.3, 0.4) is 0 Å². The van der Waals surface area contributed by atoms with Crippen LogP contribution in [0, 0.1) is 0 Å². The van der Waals surface area contributed by atoms with Gasteiger partial charge in [-0.2, -0.15) is 5.10 Å². The predicted molar refractivity (Wildman–Crippen MR) is 161 cm³/mol. The number of benzene rings is 3. The van der Waals surface area contributed by atoms with Crippen LogP contribution >= 0.6 is 11.6 Å². The molecule has 0 bridgehead atoms. The molecule has 4 aromatic rings. The van der Waals surface area contributed by atoms with E-state index < -0.39 is 20.6 Å². The van der Waals surface area contributed by atoms with E-state index in [0.717, 1.165) is 11.1 Å². The standard InChI is InChI=1S/C29H30ClN5O4S2/c30-24-6-2-7-26(19-24)40(37)15-3-8-27-32-28(34-33-27)22-9-11-25(12-10-22)31-29(36)23-5-1-4-21(18-23)20-35-13-16-41(38,39)17-14-35/h1-2,4-7,9-12,18-19H,3,8,13-17,20H2,(H,31,36)(H,32,33,34). The lowest BCUT2D eigenvalue weighted by atomic mass is 10.1. The minimum Gasteiger partial charge on any atom is -0.322 e. The molecule has 0 saturated carbocycles. The van der Waals surface area contributed by atoms with Gasteiger partial charge in [0.25, 0.3) is 5.91 Å². The quantitative estimate of drug-likeness (QED) is 0.273. The van der Waals surface area contributed by atoms with Crippen molar-refractivity contribution in [1.29, 1.82) is 0 Å². The first kappa shape index (κ1) is 29.1. The van der Waals surface area contributed by atoms with Gasteiger partial charge in [0.1, 0.15) is 5.82 Å². The van der Waals surface area contributed by atoms with E-state index in [1.807, 2.05) is 36.4 Å². The van der Waals surface area contributed by atoms with Crippen molar-refractivity contribution in [2.75, 3.05) is 35.7 Å². The Hall–Kier alpha value is -3.38. The molecular formula is C29H30ClN5O4S2. The molecule has 12 heteroatoms. The summed E-state index contributed by atoms with van der Waals surface area (Å²) in [6, 6.07) is 21.8. The monoisotopic (exact) mass is 611 g/mol. The number of carbonyl (C=O) groups excluding carboxylic acids is 1. The molecule has 1 saturated heterocycles. The third-order valence-electron chi connectivity index (χ3n) is 6.77. The van der Waals surface area contributed by atoms with Gasteiger partial charge >= 0.3 is 0 Å². The van der Waals surface area contributed by atoms with Crippen LogP contribution in [0.4, 0.5) is 5.69 Å². The highest BCUT2D eigenvalue weighted by molar-refractivity contribution is 7.91. The molecule has 1 amide bonds. The Morgan fingerprint density at radius 2 is 1.78 bits per heavy atom. The summed E-state index contributed by atoms with van der Waals surface area (Å²) in [5.74, 6) is 1.88. The molecule has 3 aromatic carbocycles. The van der Waals surface area contributed by atoms with Gasteiger partial charge in [0, 0.05) is 58.5 Å². The Kier molecular flexibility index (Phi) is 9.29. The highest BCUT2D eigenvalue weighted by Crippen LogP contribution is 2.20. The van der Waals surface area contributed by atoms with Gasteiger partial charge in [-0.05, 0) is 66.6 Å². The highest BCUT2D eigenvalue weighted by atomic mass is 35.5. The minimum absolute atomic E-state index is 0.172. The molecule has 0 radical (unpaired) electrons. The van der Waals surface area contributed by atoms with Crippen molar-refractivity contribution in [1.82, 2.24) is 20.1 Å². The van der Waals surface area contributed by atoms with Crippen molar-refractivity contribution < 1.29 is 17.4 Å². The van der Waals surface area contributed by atoms with Gasteiger partial charge in [0.15, 0.2) is 15.7 Å². The average molecular weight is 612 g/mol. The maximum absolute atomic E-state index is 12.9. The van der Waals surface area contributed by atoms with Crippen molar-refractivity contribution in [3.63, 3.8) is 0 Å². The first-order valence-corrected chi connectivity index (χ1v) is 16.7. The Morgan fingerprint density at radius 3 is 2.54 bits per heavy atom. The van der Waals surface area contributed by atoms with E-state index in [0.29, 0.717) is 71.0 Å². The van der Waals surface area contributed by atoms with Crippen LogP contribution in [-0.2, 0) is 33.6 Å². The Morgan fingerprint density at radius 1 is 1.02 bits per heavy atom. The summed E-state index contributed by atoms with van der Waals surface area (Å²) in [5.41, 5.74) is 2.94. The fourth-order valence-electron chi connectivity index (χ4n) is 4.52. The van der Waals surface area contributed by atoms with Crippen LogP contribution in [0.2, 0.25) is 5.02 Å². The van der Waals surface area contributed by atoms with E-state index in [2.05, 4.69) is 25.4 Å². The van der Waals surface area contributed by atoms with Gasteiger partial charge in [0.2, 0.25) is 0 Å². The van der Waals surface area contributed by atoms with E-state index in [1.54, 1.807) is 36.4 Å². The van der Waals surface area contributed by atoms with Crippen molar-refractivity contribution in [3.05, 3.63) is 94.8 Å². The fraction of sp³-hybridized carbons (Fsp3) is 0.276. The number of nitrogens with zero attached hydrogens (tertiary/aromatic N) is 3. The SMILES string of the molecule is O=C(Nc1ccc(-c2n[nH]c(CCCS(=O)c3cccc(Cl)c3)n2)cc1)c1cccc(CN2CCS(=O)(=O)CC2)c1. The van der Waals surface area contributed by atoms with Crippen LogP contribution in [0.1, 0.15) is 28.2 Å².